The van der Waals surface area contributed by atoms with E-state index in [1.807, 2.05) is 14.0 Å². The van der Waals surface area contributed by atoms with Crippen LogP contribution in [0.2, 0.25) is 0 Å². The van der Waals surface area contributed by atoms with Gasteiger partial charge in [-0.15, -0.1) is 0 Å². The molecule has 0 spiro atoms. The van der Waals surface area contributed by atoms with Gasteiger partial charge < -0.3 is 0 Å². The van der Waals surface area contributed by atoms with E-state index in [-0.39, 0.29) is 11.4 Å². The Morgan fingerprint density at radius 3 is 2.47 bits per heavy atom. The number of sulfonamides is 1. The van der Waals surface area contributed by atoms with Gasteiger partial charge in [0.25, 0.3) is 0 Å². The number of aromatic nitrogens is 4. The Morgan fingerprint density at radius 2 is 2.00 bits per heavy atom. The maximum Gasteiger partial charge on any atom is 0.244 e. The third-order valence-electron chi connectivity index (χ3n) is 3.05. The van der Waals surface area contributed by atoms with Gasteiger partial charge in [-0.05, 0) is 13.8 Å². The average Bonchev–Trinajstić information content (AvgIpc) is 2.82. The third-order valence-corrected chi connectivity index (χ3v) is 4.55. The smallest absolute Gasteiger partial charge is 0.244 e. The van der Waals surface area contributed by atoms with Crippen LogP contribution in [-0.2, 0) is 30.7 Å². The third kappa shape index (κ3) is 2.69. The molecule has 19 heavy (non-hydrogen) atoms. The van der Waals surface area contributed by atoms with Crippen LogP contribution in [0, 0.1) is 13.8 Å². The zero-order valence-electron chi connectivity index (χ0n) is 11.4. The van der Waals surface area contributed by atoms with Crippen molar-refractivity contribution in [3.63, 3.8) is 0 Å². The lowest BCUT2D eigenvalue weighted by atomic mass is 10.3. The van der Waals surface area contributed by atoms with Crippen LogP contribution in [0.15, 0.2) is 17.3 Å². The van der Waals surface area contributed by atoms with E-state index in [1.165, 1.54) is 10.9 Å². The first kappa shape index (κ1) is 13.8. The summed E-state index contributed by atoms with van der Waals surface area (Å²) in [4.78, 5) is 0.205. The summed E-state index contributed by atoms with van der Waals surface area (Å²) >= 11 is 0. The molecule has 1 N–H and O–H groups in total. The number of rotatable bonds is 4. The minimum Gasteiger partial charge on any atom is -0.274 e. The molecule has 0 aliphatic heterocycles. The summed E-state index contributed by atoms with van der Waals surface area (Å²) in [5.74, 6) is 0. The molecule has 0 radical (unpaired) electrons. The lowest BCUT2D eigenvalue weighted by molar-refractivity contribution is 0.580. The predicted octanol–water partition coefficient (Wildman–Crippen LogP) is 0.249. The highest BCUT2D eigenvalue weighted by Gasteiger charge is 2.20. The Hall–Kier alpha value is -1.67. The fourth-order valence-electron chi connectivity index (χ4n) is 1.81. The topological polar surface area (TPSA) is 81.8 Å². The first-order valence-electron chi connectivity index (χ1n) is 5.78. The Labute approximate surface area is 112 Å². The molecule has 2 aromatic rings. The van der Waals surface area contributed by atoms with Gasteiger partial charge in [-0.1, -0.05) is 0 Å². The molecule has 0 saturated heterocycles. The van der Waals surface area contributed by atoms with E-state index in [0.29, 0.717) is 5.69 Å². The summed E-state index contributed by atoms with van der Waals surface area (Å²) in [6.45, 7) is 3.78. The molecule has 0 saturated carbocycles. The van der Waals surface area contributed by atoms with Gasteiger partial charge in [0.1, 0.15) is 4.90 Å². The van der Waals surface area contributed by atoms with Crippen LogP contribution in [0.3, 0.4) is 0 Å². The second-order valence-corrected chi connectivity index (χ2v) is 6.19. The fourth-order valence-corrected chi connectivity index (χ4v) is 3.03. The molecule has 0 fully saturated rings. The van der Waals surface area contributed by atoms with Gasteiger partial charge in [-0.25, -0.2) is 13.1 Å². The molecule has 104 valence electrons. The van der Waals surface area contributed by atoms with Crippen LogP contribution in [0.5, 0.6) is 0 Å². The average molecular weight is 283 g/mol. The monoisotopic (exact) mass is 283 g/mol. The molecular weight excluding hydrogens is 266 g/mol. The predicted molar refractivity (Wildman–Crippen MR) is 69.9 cm³/mol. The van der Waals surface area contributed by atoms with E-state index in [1.54, 1.807) is 24.9 Å². The molecule has 2 rings (SSSR count). The first-order valence-corrected chi connectivity index (χ1v) is 7.27. The molecular formula is C11H17N5O2S. The largest absolute Gasteiger partial charge is 0.274 e. The molecule has 0 unspecified atom stereocenters. The summed E-state index contributed by atoms with van der Waals surface area (Å²) in [5.41, 5.74) is 2.27. The molecule has 8 heteroatoms. The molecule has 0 bridgehead atoms. The van der Waals surface area contributed by atoms with Gasteiger partial charge >= 0.3 is 0 Å². The molecule has 0 atom stereocenters. The van der Waals surface area contributed by atoms with Crippen molar-refractivity contribution >= 4 is 10.0 Å². The number of nitrogens with one attached hydrogen (secondary N) is 1. The van der Waals surface area contributed by atoms with Crippen LogP contribution < -0.4 is 4.72 Å². The van der Waals surface area contributed by atoms with Crippen LogP contribution >= 0.6 is 0 Å². The number of aryl methyl sites for hydroxylation is 3. The number of hydrogen-bond acceptors (Lipinski definition) is 4. The maximum atomic E-state index is 12.2. The number of hydrogen-bond donors (Lipinski definition) is 1. The lowest BCUT2D eigenvalue weighted by Gasteiger charge is -2.05. The molecule has 2 heterocycles. The van der Waals surface area contributed by atoms with Crippen molar-refractivity contribution in [3.05, 3.63) is 29.3 Å². The Morgan fingerprint density at radius 1 is 1.32 bits per heavy atom. The van der Waals surface area contributed by atoms with Gasteiger partial charge in [-0.3, -0.25) is 9.36 Å². The van der Waals surface area contributed by atoms with Crippen LogP contribution in [0.25, 0.3) is 0 Å². The Bertz CT molecular complexity index is 699. The minimum absolute atomic E-state index is 0.205. The molecule has 0 amide bonds. The molecule has 0 aliphatic carbocycles. The summed E-state index contributed by atoms with van der Waals surface area (Å²) in [7, 11) is -0.0364. The highest BCUT2D eigenvalue weighted by atomic mass is 32.2. The normalized spacial score (nSPS) is 12.0. The van der Waals surface area contributed by atoms with E-state index in [0.717, 1.165) is 11.3 Å². The molecule has 0 aliphatic rings. The van der Waals surface area contributed by atoms with Crippen molar-refractivity contribution in [2.24, 2.45) is 14.1 Å². The van der Waals surface area contributed by atoms with E-state index in [4.69, 9.17) is 0 Å². The zero-order chi connectivity index (χ0) is 14.2. The lowest BCUT2D eigenvalue weighted by Crippen LogP contribution is -2.23. The van der Waals surface area contributed by atoms with E-state index in [9.17, 15) is 8.42 Å². The summed E-state index contributed by atoms with van der Waals surface area (Å²) in [6.07, 6.45) is 3.15. The van der Waals surface area contributed by atoms with Gasteiger partial charge in [0.15, 0.2) is 0 Å². The highest BCUT2D eigenvalue weighted by molar-refractivity contribution is 7.89. The summed E-state index contributed by atoms with van der Waals surface area (Å²) < 4.78 is 30.1. The SMILES string of the molecule is Cc1nn(C)cc1S(=O)(=O)NCc1cnn(C)c1C. The molecule has 7 nitrogen and oxygen atoms in total. The van der Waals surface area contributed by atoms with Crippen molar-refractivity contribution in [3.8, 4) is 0 Å². The minimum atomic E-state index is -3.55. The Kier molecular flexibility index (Phi) is 3.46. The number of nitrogens with zero attached hydrogens (tertiary/aromatic N) is 4. The van der Waals surface area contributed by atoms with E-state index < -0.39 is 10.0 Å². The van der Waals surface area contributed by atoms with Crippen LogP contribution in [-0.4, -0.2) is 28.0 Å². The van der Waals surface area contributed by atoms with E-state index in [2.05, 4.69) is 14.9 Å². The van der Waals surface area contributed by atoms with Gasteiger partial charge in [-0.2, -0.15) is 10.2 Å². The van der Waals surface area contributed by atoms with Gasteiger partial charge in [0.05, 0.1) is 11.9 Å². The van der Waals surface area contributed by atoms with Crippen molar-refractivity contribution in [2.45, 2.75) is 25.3 Å². The molecule has 0 aromatic carbocycles. The van der Waals surface area contributed by atoms with Crippen LogP contribution in [0.1, 0.15) is 17.0 Å². The second-order valence-electron chi connectivity index (χ2n) is 4.46. The quantitative estimate of drug-likeness (QED) is 0.872. The van der Waals surface area contributed by atoms with Crippen molar-refractivity contribution in [1.29, 1.82) is 0 Å². The second kappa shape index (κ2) is 4.78. The van der Waals surface area contributed by atoms with Crippen molar-refractivity contribution in [2.75, 3.05) is 0 Å². The van der Waals surface area contributed by atoms with Crippen molar-refractivity contribution in [1.82, 2.24) is 24.3 Å². The first-order chi connectivity index (χ1) is 8.81. The van der Waals surface area contributed by atoms with E-state index >= 15 is 0 Å². The standard InChI is InChI=1S/C11H17N5O2S/c1-8-11(7-15(3)14-8)19(17,18)13-6-10-5-12-16(4)9(10)2/h5,7,13H,6H2,1-4H3. The fraction of sp³-hybridized carbons (Fsp3) is 0.455. The van der Waals surface area contributed by atoms with Crippen LogP contribution in [0.4, 0.5) is 0 Å². The van der Waals surface area contributed by atoms with Gasteiger partial charge in [0, 0.05) is 38.1 Å². The summed E-state index contributed by atoms with van der Waals surface area (Å²) in [6, 6.07) is 0. The Balaban J connectivity index is 2.19. The maximum absolute atomic E-state index is 12.2. The summed E-state index contributed by atoms with van der Waals surface area (Å²) in [5, 5.41) is 8.11. The highest BCUT2D eigenvalue weighted by Crippen LogP contribution is 2.13. The zero-order valence-corrected chi connectivity index (χ0v) is 12.2. The van der Waals surface area contributed by atoms with Crippen molar-refractivity contribution < 1.29 is 8.42 Å². The molecule has 2 aromatic heterocycles. The van der Waals surface area contributed by atoms with Gasteiger partial charge in [0.2, 0.25) is 10.0 Å².